The third-order valence-corrected chi connectivity index (χ3v) is 3.87. The van der Waals surface area contributed by atoms with Crippen LogP contribution < -0.4 is 5.32 Å². The highest BCUT2D eigenvalue weighted by Gasteiger charge is 2.64. The van der Waals surface area contributed by atoms with Gasteiger partial charge in [-0.2, -0.15) is 26.3 Å². The molecule has 2 nitrogen and oxygen atoms in total. The number of benzene rings is 1. The Balaban J connectivity index is 2.26. The summed E-state index contributed by atoms with van der Waals surface area (Å²) in [5.41, 5.74) is -3.90. The Hall–Kier alpha value is -1.25. The predicted octanol–water partition coefficient (Wildman–Crippen LogP) is 4.29. The standard InChI is InChI=1S/C12H8BrF6NO/c13-8-2-1-6(5-7(8)11(14,15)16)9(21)20-10(3-4-10)12(17,18)19/h1-2,5H,3-4H2,(H,20,21). The van der Waals surface area contributed by atoms with Gasteiger partial charge in [-0.3, -0.25) is 4.79 Å². The van der Waals surface area contributed by atoms with E-state index in [1.54, 1.807) is 5.32 Å². The molecule has 0 aliphatic heterocycles. The van der Waals surface area contributed by atoms with E-state index in [9.17, 15) is 31.1 Å². The van der Waals surface area contributed by atoms with Crippen molar-refractivity contribution in [2.24, 2.45) is 0 Å². The number of amides is 1. The first-order chi connectivity index (χ1) is 9.46. The molecule has 1 saturated carbocycles. The van der Waals surface area contributed by atoms with Crippen LogP contribution in [0.5, 0.6) is 0 Å². The zero-order valence-corrected chi connectivity index (χ0v) is 11.8. The zero-order valence-electron chi connectivity index (χ0n) is 10.2. The molecule has 116 valence electrons. The van der Waals surface area contributed by atoms with E-state index >= 15 is 0 Å². The Kier molecular flexibility index (Phi) is 3.76. The molecule has 0 saturated heterocycles. The molecule has 1 aromatic rings. The summed E-state index contributed by atoms with van der Waals surface area (Å²) in [7, 11) is 0. The predicted molar refractivity (Wildman–Crippen MR) is 64.6 cm³/mol. The van der Waals surface area contributed by atoms with Gasteiger partial charge in [0, 0.05) is 10.0 Å². The molecule has 0 atom stereocenters. The summed E-state index contributed by atoms with van der Waals surface area (Å²) >= 11 is 2.69. The van der Waals surface area contributed by atoms with Crippen molar-refractivity contribution in [2.45, 2.75) is 30.7 Å². The van der Waals surface area contributed by atoms with Gasteiger partial charge in [0.05, 0.1) is 5.56 Å². The summed E-state index contributed by atoms with van der Waals surface area (Å²) in [5.74, 6) is -1.18. The minimum absolute atomic E-state index is 0.273. The molecule has 1 aliphatic rings. The summed E-state index contributed by atoms with van der Waals surface area (Å²) in [4.78, 5) is 11.7. The van der Waals surface area contributed by atoms with E-state index in [4.69, 9.17) is 0 Å². The molecular weight excluding hydrogens is 368 g/mol. The number of carbonyl (C=O) groups excluding carboxylic acids is 1. The van der Waals surface area contributed by atoms with E-state index in [2.05, 4.69) is 15.9 Å². The molecule has 1 aromatic carbocycles. The Morgan fingerprint density at radius 1 is 1.14 bits per heavy atom. The van der Waals surface area contributed by atoms with E-state index < -0.39 is 34.9 Å². The first-order valence-corrected chi connectivity index (χ1v) is 6.52. The highest BCUT2D eigenvalue weighted by atomic mass is 79.9. The Morgan fingerprint density at radius 3 is 2.14 bits per heavy atom. The number of rotatable bonds is 2. The van der Waals surface area contributed by atoms with Crippen LogP contribution in [-0.2, 0) is 6.18 Å². The van der Waals surface area contributed by atoms with Crippen LogP contribution in [0.3, 0.4) is 0 Å². The van der Waals surface area contributed by atoms with E-state index in [0.29, 0.717) is 6.07 Å². The van der Waals surface area contributed by atoms with Gasteiger partial charge in [-0.05, 0) is 31.0 Å². The van der Waals surface area contributed by atoms with Crippen molar-refractivity contribution >= 4 is 21.8 Å². The lowest BCUT2D eigenvalue weighted by Crippen LogP contribution is -2.47. The minimum Gasteiger partial charge on any atom is -0.338 e. The molecule has 1 fully saturated rings. The smallest absolute Gasteiger partial charge is 0.338 e. The fourth-order valence-electron chi connectivity index (χ4n) is 1.78. The highest BCUT2D eigenvalue weighted by Crippen LogP contribution is 2.49. The van der Waals surface area contributed by atoms with Crippen LogP contribution in [0.15, 0.2) is 22.7 Å². The van der Waals surface area contributed by atoms with Gasteiger partial charge in [0.1, 0.15) is 5.54 Å². The average Bonchev–Trinajstić information content (AvgIpc) is 3.08. The van der Waals surface area contributed by atoms with Gasteiger partial charge < -0.3 is 5.32 Å². The number of carbonyl (C=O) groups is 1. The maximum atomic E-state index is 12.7. The van der Waals surface area contributed by atoms with E-state index in [0.717, 1.165) is 12.1 Å². The quantitative estimate of drug-likeness (QED) is 0.767. The van der Waals surface area contributed by atoms with Crippen molar-refractivity contribution in [2.75, 3.05) is 0 Å². The van der Waals surface area contributed by atoms with E-state index in [1.807, 2.05) is 0 Å². The van der Waals surface area contributed by atoms with Crippen molar-refractivity contribution in [3.8, 4) is 0 Å². The summed E-state index contributed by atoms with van der Waals surface area (Å²) in [6.45, 7) is 0. The van der Waals surface area contributed by atoms with E-state index in [1.165, 1.54) is 0 Å². The Bertz CT molecular complexity index is 576. The second kappa shape index (κ2) is 4.89. The van der Waals surface area contributed by atoms with Crippen LogP contribution in [0.25, 0.3) is 0 Å². The molecule has 0 aromatic heterocycles. The van der Waals surface area contributed by atoms with Gasteiger partial charge in [0.25, 0.3) is 5.91 Å². The molecule has 1 amide bonds. The molecule has 9 heteroatoms. The van der Waals surface area contributed by atoms with Crippen molar-refractivity contribution in [1.82, 2.24) is 5.32 Å². The lowest BCUT2D eigenvalue weighted by Gasteiger charge is -2.21. The minimum atomic E-state index is -4.71. The third kappa shape index (κ3) is 3.17. The molecule has 0 heterocycles. The molecular formula is C12H8BrF6NO. The van der Waals surface area contributed by atoms with E-state index in [-0.39, 0.29) is 17.3 Å². The van der Waals surface area contributed by atoms with Crippen LogP contribution in [0.4, 0.5) is 26.3 Å². The van der Waals surface area contributed by atoms with Gasteiger partial charge >= 0.3 is 12.4 Å². The number of hydrogen-bond acceptors (Lipinski definition) is 1. The van der Waals surface area contributed by atoms with Crippen LogP contribution in [0.2, 0.25) is 0 Å². The topological polar surface area (TPSA) is 29.1 Å². The molecule has 0 radical (unpaired) electrons. The maximum Gasteiger partial charge on any atom is 0.417 e. The summed E-state index contributed by atoms with van der Waals surface area (Å²) < 4.78 is 75.9. The van der Waals surface area contributed by atoms with Gasteiger partial charge in [0.2, 0.25) is 0 Å². The summed E-state index contributed by atoms with van der Waals surface area (Å²) in [5, 5.41) is 1.78. The number of hydrogen-bond donors (Lipinski definition) is 1. The fourth-order valence-corrected chi connectivity index (χ4v) is 2.25. The van der Waals surface area contributed by atoms with Gasteiger partial charge in [-0.15, -0.1) is 0 Å². The SMILES string of the molecule is O=C(NC1(C(F)(F)F)CC1)c1ccc(Br)c(C(F)(F)F)c1. The molecule has 0 spiro atoms. The molecule has 1 N–H and O–H groups in total. The molecule has 1 aliphatic carbocycles. The summed E-state index contributed by atoms with van der Waals surface area (Å²) in [6, 6.07) is 2.53. The van der Waals surface area contributed by atoms with Crippen molar-refractivity contribution in [3.63, 3.8) is 0 Å². The van der Waals surface area contributed by atoms with Crippen LogP contribution in [-0.4, -0.2) is 17.6 Å². The normalized spacial score (nSPS) is 17.5. The first-order valence-electron chi connectivity index (χ1n) is 5.72. The van der Waals surface area contributed by atoms with Crippen LogP contribution in [0.1, 0.15) is 28.8 Å². The molecule has 21 heavy (non-hydrogen) atoms. The largest absolute Gasteiger partial charge is 0.417 e. The maximum absolute atomic E-state index is 12.7. The van der Waals surface area contributed by atoms with Crippen LogP contribution in [0, 0.1) is 0 Å². The van der Waals surface area contributed by atoms with Crippen molar-refractivity contribution in [3.05, 3.63) is 33.8 Å². The molecule has 2 rings (SSSR count). The highest BCUT2D eigenvalue weighted by molar-refractivity contribution is 9.10. The van der Waals surface area contributed by atoms with Crippen LogP contribution >= 0.6 is 15.9 Å². The molecule has 0 bridgehead atoms. The van der Waals surface area contributed by atoms with Gasteiger partial charge in [-0.1, -0.05) is 15.9 Å². The van der Waals surface area contributed by atoms with Gasteiger partial charge in [0.15, 0.2) is 0 Å². The Labute approximate surface area is 123 Å². The number of nitrogens with one attached hydrogen (secondary N) is 1. The average molecular weight is 376 g/mol. The van der Waals surface area contributed by atoms with Crippen molar-refractivity contribution < 1.29 is 31.1 Å². The molecule has 0 unspecified atom stereocenters. The second-order valence-corrected chi connectivity index (χ2v) is 5.58. The second-order valence-electron chi connectivity index (χ2n) is 4.73. The fraction of sp³-hybridized carbons (Fsp3) is 0.417. The lowest BCUT2D eigenvalue weighted by molar-refractivity contribution is -0.163. The number of alkyl halides is 6. The first kappa shape index (κ1) is 16.1. The third-order valence-electron chi connectivity index (χ3n) is 3.18. The summed E-state index contributed by atoms with van der Waals surface area (Å²) in [6.07, 6.45) is -9.88. The van der Waals surface area contributed by atoms with Crippen molar-refractivity contribution in [1.29, 1.82) is 0 Å². The Morgan fingerprint density at radius 2 is 1.71 bits per heavy atom. The lowest BCUT2D eigenvalue weighted by atomic mass is 10.1. The zero-order chi connectivity index (χ0) is 16.1. The monoisotopic (exact) mass is 375 g/mol. The number of halogens is 7. The van der Waals surface area contributed by atoms with Gasteiger partial charge in [-0.25, -0.2) is 0 Å².